The number of nitrogens with zero attached hydrogens (tertiary/aromatic N) is 2. The molecule has 0 spiro atoms. The van der Waals surface area contributed by atoms with Gasteiger partial charge in [-0.25, -0.2) is 8.42 Å². The number of methoxy groups -OCH3 is 2. The molecule has 9 nitrogen and oxygen atoms in total. The highest BCUT2D eigenvalue weighted by Crippen LogP contribution is 2.26. The van der Waals surface area contributed by atoms with E-state index in [-0.39, 0.29) is 23.8 Å². The van der Waals surface area contributed by atoms with E-state index in [9.17, 15) is 18.0 Å². The summed E-state index contributed by atoms with van der Waals surface area (Å²) in [5.74, 6) is 0.248. The van der Waals surface area contributed by atoms with E-state index in [1.54, 1.807) is 61.7 Å². The highest BCUT2D eigenvalue weighted by Gasteiger charge is 2.34. The van der Waals surface area contributed by atoms with Gasteiger partial charge in [0.15, 0.2) is 0 Å². The summed E-state index contributed by atoms with van der Waals surface area (Å²) in [7, 11) is -1.15. The van der Waals surface area contributed by atoms with E-state index in [4.69, 9.17) is 9.47 Å². The van der Waals surface area contributed by atoms with Gasteiger partial charge in [0.05, 0.1) is 24.8 Å². The molecule has 1 N–H and O–H groups in total. The fourth-order valence-electron chi connectivity index (χ4n) is 4.89. The summed E-state index contributed by atoms with van der Waals surface area (Å²) in [6, 6.07) is 30.2. The number of ether oxygens (including phenoxy) is 2. The maximum Gasteiger partial charge on any atom is 0.264 e. The van der Waals surface area contributed by atoms with Crippen molar-refractivity contribution in [1.82, 2.24) is 10.2 Å². The summed E-state index contributed by atoms with van der Waals surface area (Å²) < 4.78 is 39.9. The molecule has 1 unspecified atom stereocenters. The monoisotopic (exact) mass is 629 g/mol. The smallest absolute Gasteiger partial charge is 0.264 e. The number of hydrogen-bond donors (Lipinski definition) is 1. The van der Waals surface area contributed by atoms with Crippen LogP contribution in [0, 0.1) is 0 Å². The summed E-state index contributed by atoms with van der Waals surface area (Å²) in [5.41, 5.74) is 1.91. The third-order valence-electron chi connectivity index (χ3n) is 7.28. The van der Waals surface area contributed by atoms with Crippen LogP contribution in [-0.2, 0) is 32.6 Å². The van der Waals surface area contributed by atoms with Gasteiger partial charge >= 0.3 is 0 Å². The number of rotatable bonds is 15. The average molecular weight is 630 g/mol. The number of para-hydroxylation sites is 1. The third-order valence-corrected chi connectivity index (χ3v) is 9.07. The minimum Gasteiger partial charge on any atom is -0.497 e. The lowest BCUT2D eigenvalue weighted by atomic mass is 10.0. The number of carbonyl (C=O) groups is 2. The zero-order chi connectivity index (χ0) is 32.2. The van der Waals surface area contributed by atoms with Crippen LogP contribution in [0.25, 0.3) is 0 Å². The molecule has 2 amide bonds. The molecule has 0 aromatic heterocycles. The van der Waals surface area contributed by atoms with Crippen LogP contribution in [0.3, 0.4) is 0 Å². The number of carbonyl (C=O) groups excluding carboxylic acids is 2. The third kappa shape index (κ3) is 8.63. The Morgan fingerprint density at radius 2 is 1.40 bits per heavy atom. The van der Waals surface area contributed by atoms with Crippen molar-refractivity contribution in [2.75, 3.05) is 31.6 Å². The van der Waals surface area contributed by atoms with Crippen LogP contribution < -0.4 is 19.1 Å². The molecular weight excluding hydrogens is 590 g/mol. The summed E-state index contributed by atoms with van der Waals surface area (Å²) in [5, 5.41) is 2.95. The van der Waals surface area contributed by atoms with E-state index in [0.29, 0.717) is 23.7 Å². The SMILES string of the molecule is CCCNC(=O)C(Cc1ccccc1)N(Cc1cccc(OC)c1)C(=O)CN(c1ccccc1)S(=O)(=O)c1ccc(OC)cc1. The van der Waals surface area contributed by atoms with Gasteiger partial charge in [0.1, 0.15) is 24.1 Å². The minimum atomic E-state index is -4.20. The number of anilines is 1. The molecule has 1 atom stereocenters. The lowest BCUT2D eigenvalue weighted by molar-refractivity contribution is -0.140. The first-order chi connectivity index (χ1) is 21.8. The topological polar surface area (TPSA) is 105 Å². The maximum atomic E-state index is 14.5. The van der Waals surface area contributed by atoms with Gasteiger partial charge in [-0.05, 0) is 66.1 Å². The van der Waals surface area contributed by atoms with Crippen molar-refractivity contribution < 1.29 is 27.5 Å². The van der Waals surface area contributed by atoms with E-state index in [0.717, 1.165) is 21.9 Å². The van der Waals surface area contributed by atoms with E-state index >= 15 is 0 Å². The van der Waals surface area contributed by atoms with Crippen molar-refractivity contribution in [1.29, 1.82) is 0 Å². The number of amides is 2. The zero-order valence-electron chi connectivity index (χ0n) is 25.8. The molecule has 0 aliphatic rings. The Morgan fingerprint density at radius 3 is 2.02 bits per heavy atom. The molecule has 0 bridgehead atoms. The van der Waals surface area contributed by atoms with Gasteiger partial charge in [-0.15, -0.1) is 0 Å². The number of hydrogen-bond acceptors (Lipinski definition) is 6. The van der Waals surface area contributed by atoms with Crippen molar-refractivity contribution in [3.05, 3.63) is 120 Å². The molecule has 0 saturated carbocycles. The maximum absolute atomic E-state index is 14.5. The van der Waals surface area contributed by atoms with E-state index < -0.39 is 28.5 Å². The van der Waals surface area contributed by atoms with Gasteiger partial charge in [-0.3, -0.25) is 13.9 Å². The Morgan fingerprint density at radius 1 is 0.778 bits per heavy atom. The standard InChI is InChI=1S/C35H39N3O6S/c1-4-22-36-35(40)33(24-27-12-7-5-8-13-27)37(25-28-14-11-17-31(23-28)44-3)34(39)26-38(29-15-9-6-10-16-29)45(41,42)32-20-18-30(43-2)19-21-32/h5-21,23,33H,4,22,24-26H2,1-3H3,(H,36,40). The predicted molar refractivity (Wildman–Crippen MR) is 175 cm³/mol. The first-order valence-corrected chi connectivity index (χ1v) is 16.2. The second kappa shape index (κ2) is 15.8. The lowest BCUT2D eigenvalue weighted by Crippen LogP contribution is -2.53. The molecule has 236 valence electrons. The highest BCUT2D eigenvalue weighted by atomic mass is 32.2. The van der Waals surface area contributed by atoms with Crippen LogP contribution in [0.1, 0.15) is 24.5 Å². The fourth-order valence-corrected chi connectivity index (χ4v) is 6.30. The first-order valence-electron chi connectivity index (χ1n) is 14.7. The summed E-state index contributed by atoms with van der Waals surface area (Å²) in [4.78, 5) is 29.7. The van der Waals surface area contributed by atoms with Gasteiger partial charge in [0.25, 0.3) is 10.0 Å². The quantitative estimate of drug-likeness (QED) is 0.197. The average Bonchev–Trinajstić information content (AvgIpc) is 3.08. The fraction of sp³-hybridized carbons (Fsp3) is 0.257. The Bertz CT molecular complexity index is 1650. The molecule has 4 aromatic rings. The molecular formula is C35H39N3O6S. The molecule has 0 saturated heterocycles. The van der Waals surface area contributed by atoms with Crippen molar-refractivity contribution in [3.63, 3.8) is 0 Å². The van der Waals surface area contributed by atoms with E-state index in [2.05, 4.69) is 5.32 Å². The molecule has 10 heteroatoms. The highest BCUT2D eigenvalue weighted by molar-refractivity contribution is 7.92. The Labute approximate surface area is 265 Å². The Kier molecular flexibility index (Phi) is 11.6. The van der Waals surface area contributed by atoms with E-state index in [1.807, 2.05) is 49.4 Å². The molecule has 0 aliphatic heterocycles. The van der Waals surface area contributed by atoms with Gasteiger partial charge in [0, 0.05) is 19.5 Å². The molecule has 4 rings (SSSR count). The normalized spacial score (nSPS) is 11.7. The number of nitrogens with one attached hydrogen (secondary N) is 1. The second-order valence-corrected chi connectivity index (χ2v) is 12.3. The Balaban J connectivity index is 1.78. The molecule has 45 heavy (non-hydrogen) atoms. The first kappa shape index (κ1) is 33.1. The van der Waals surface area contributed by atoms with E-state index in [1.165, 1.54) is 24.1 Å². The van der Waals surface area contributed by atoms with Crippen molar-refractivity contribution in [2.24, 2.45) is 0 Å². The zero-order valence-corrected chi connectivity index (χ0v) is 26.6. The summed E-state index contributed by atoms with van der Waals surface area (Å²) >= 11 is 0. The lowest BCUT2D eigenvalue weighted by Gasteiger charge is -2.34. The van der Waals surface area contributed by atoms with Crippen molar-refractivity contribution in [2.45, 2.75) is 37.2 Å². The van der Waals surface area contributed by atoms with Crippen LogP contribution >= 0.6 is 0 Å². The van der Waals surface area contributed by atoms with Gasteiger partial charge in [0.2, 0.25) is 11.8 Å². The molecule has 4 aromatic carbocycles. The number of sulfonamides is 1. The summed E-state index contributed by atoms with van der Waals surface area (Å²) in [6.07, 6.45) is 0.957. The van der Waals surface area contributed by atoms with Crippen LogP contribution in [0.4, 0.5) is 5.69 Å². The Hall–Kier alpha value is -4.83. The number of benzene rings is 4. The van der Waals surface area contributed by atoms with Crippen molar-refractivity contribution in [3.8, 4) is 11.5 Å². The van der Waals surface area contributed by atoms with Crippen molar-refractivity contribution >= 4 is 27.5 Å². The molecule has 0 aliphatic carbocycles. The minimum absolute atomic E-state index is 0.000762. The van der Waals surface area contributed by atoms with Crippen LogP contribution in [0.2, 0.25) is 0 Å². The van der Waals surface area contributed by atoms with Crippen LogP contribution in [-0.4, -0.2) is 58.5 Å². The molecule has 0 radical (unpaired) electrons. The van der Waals surface area contributed by atoms with Gasteiger partial charge in [-0.2, -0.15) is 0 Å². The van der Waals surface area contributed by atoms with Crippen LogP contribution in [0.15, 0.2) is 114 Å². The summed E-state index contributed by atoms with van der Waals surface area (Å²) in [6.45, 7) is 1.91. The van der Waals surface area contributed by atoms with Crippen LogP contribution in [0.5, 0.6) is 11.5 Å². The molecule has 0 heterocycles. The predicted octanol–water partition coefficient (Wildman–Crippen LogP) is 5.07. The van der Waals surface area contributed by atoms with Gasteiger partial charge < -0.3 is 19.7 Å². The van der Waals surface area contributed by atoms with Gasteiger partial charge in [-0.1, -0.05) is 67.6 Å². The second-order valence-electron chi connectivity index (χ2n) is 10.4. The molecule has 0 fully saturated rings. The largest absolute Gasteiger partial charge is 0.497 e.